The minimum atomic E-state index is -0.664. The Morgan fingerprint density at radius 2 is 2.00 bits per heavy atom. The van der Waals surface area contributed by atoms with Gasteiger partial charge in [-0.3, -0.25) is 14.6 Å². The Hall–Kier alpha value is -0.650. The van der Waals surface area contributed by atoms with E-state index in [0.29, 0.717) is 12.5 Å². The SMILES string of the molecule is O=C(O)C(C1CC1)N1CCCN(CCO)CC1. The maximum Gasteiger partial charge on any atom is 0.321 e. The number of aliphatic carboxylic acids is 1. The van der Waals surface area contributed by atoms with Gasteiger partial charge in [0.15, 0.2) is 0 Å². The fourth-order valence-corrected chi connectivity index (χ4v) is 2.70. The van der Waals surface area contributed by atoms with Gasteiger partial charge in [0.2, 0.25) is 0 Å². The summed E-state index contributed by atoms with van der Waals surface area (Å²) in [6.07, 6.45) is 3.12. The molecule has 1 heterocycles. The average Bonchev–Trinajstić information content (AvgIpc) is 3.08. The third-order valence-corrected chi connectivity index (χ3v) is 3.75. The Bertz CT molecular complexity index is 268. The molecule has 2 rings (SSSR count). The molecule has 2 aliphatic rings. The first kappa shape index (κ1) is 12.8. The summed E-state index contributed by atoms with van der Waals surface area (Å²) in [6.45, 7) is 4.41. The normalized spacial score (nSPS) is 25.5. The van der Waals surface area contributed by atoms with Gasteiger partial charge in [0.05, 0.1) is 6.61 Å². The molecule has 1 aliphatic carbocycles. The number of carboxylic acids is 1. The first-order valence-electron chi connectivity index (χ1n) is 6.52. The van der Waals surface area contributed by atoms with Gasteiger partial charge in [0.25, 0.3) is 0 Å². The lowest BCUT2D eigenvalue weighted by molar-refractivity contribution is -0.144. The molecule has 0 aromatic rings. The van der Waals surface area contributed by atoms with Crippen molar-refractivity contribution in [1.29, 1.82) is 0 Å². The van der Waals surface area contributed by atoms with Gasteiger partial charge in [-0.15, -0.1) is 0 Å². The van der Waals surface area contributed by atoms with Gasteiger partial charge in [0, 0.05) is 26.2 Å². The highest BCUT2D eigenvalue weighted by atomic mass is 16.4. The van der Waals surface area contributed by atoms with E-state index >= 15 is 0 Å². The number of rotatable bonds is 5. The van der Waals surface area contributed by atoms with Crippen LogP contribution < -0.4 is 0 Å². The first-order chi connectivity index (χ1) is 8.22. The number of hydrogen-bond acceptors (Lipinski definition) is 4. The topological polar surface area (TPSA) is 64.0 Å². The molecule has 17 heavy (non-hydrogen) atoms. The van der Waals surface area contributed by atoms with Gasteiger partial charge in [-0.1, -0.05) is 0 Å². The highest BCUT2D eigenvalue weighted by Crippen LogP contribution is 2.35. The molecule has 1 aliphatic heterocycles. The maximum absolute atomic E-state index is 11.3. The predicted molar refractivity (Wildman–Crippen MR) is 63.9 cm³/mol. The van der Waals surface area contributed by atoms with E-state index in [0.717, 1.165) is 45.4 Å². The van der Waals surface area contributed by atoms with Crippen LogP contribution in [0.15, 0.2) is 0 Å². The van der Waals surface area contributed by atoms with Crippen LogP contribution in [0, 0.1) is 5.92 Å². The number of aliphatic hydroxyl groups is 1. The molecule has 5 heteroatoms. The van der Waals surface area contributed by atoms with Crippen LogP contribution >= 0.6 is 0 Å². The van der Waals surface area contributed by atoms with Crippen LogP contribution in [0.4, 0.5) is 0 Å². The summed E-state index contributed by atoms with van der Waals surface area (Å²) in [5.41, 5.74) is 0. The van der Waals surface area contributed by atoms with Gasteiger partial charge in [-0.2, -0.15) is 0 Å². The molecular weight excluding hydrogens is 220 g/mol. The third-order valence-electron chi connectivity index (χ3n) is 3.75. The van der Waals surface area contributed by atoms with Crippen molar-refractivity contribution >= 4 is 5.97 Å². The second-order valence-electron chi connectivity index (χ2n) is 5.08. The van der Waals surface area contributed by atoms with Crippen molar-refractivity contribution in [2.75, 3.05) is 39.3 Å². The zero-order chi connectivity index (χ0) is 12.3. The number of carboxylic acid groups (broad SMARTS) is 1. The standard InChI is InChI=1S/C12H22N2O3/c15-9-8-13-4-1-5-14(7-6-13)11(12(16)17)10-2-3-10/h10-11,15H,1-9H2,(H,16,17). The lowest BCUT2D eigenvalue weighted by Gasteiger charge is -2.27. The van der Waals surface area contributed by atoms with Crippen molar-refractivity contribution in [3.05, 3.63) is 0 Å². The Labute approximate surface area is 102 Å². The first-order valence-corrected chi connectivity index (χ1v) is 6.52. The molecule has 0 bridgehead atoms. The van der Waals surface area contributed by atoms with E-state index in [1.807, 2.05) is 0 Å². The fraction of sp³-hybridized carbons (Fsp3) is 0.917. The summed E-state index contributed by atoms with van der Waals surface area (Å²) in [6, 6.07) is -0.274. The van der Waals surface area contributed by atoms with Crippen molar-refractivity contribution in [3.63, 3.8) is 0 Å². The molecule has 2 fully saturated rings. The zero-order valence-electron chi connectivity index (χ0n) is 10.2. The van der Waals surface area contributed by atoms with Gasteiger partial charge in [-0.25, -0.2) is 0 Å². The van der Waals surface area contributed by atoms with Crippen LogP contribution in [0.5, 0.6) is 0 Å². The van der Waals surface area contributed by atoms with E-state index in [1.165, 1.54) is 0 Å². The van der Waals surface area contributed by atoms with Gasteiger partial charge in [0.1, 0.15) is 6.04 Å². The van der Waals surface area contributed by atoms with Crippen LogP contribution in [0.3, 0.4) is 0 Å². The number of β-amino-alcohol motifs (C(OH)–C–C–N with tert-alkyl or cyclic N) is 1. The van der Waals surface area contributed by atoms with E-state index in [1.54, 1.807) is 0 Å². The molecular formula is C12H22N2O3. The van der Waals surface area contributed by atoms with E-state index < -0.39 is 5.97 Å². The Morgan fingerprint density at radius 1 is 1.24 bits per heavy atom. The minimum absolute atomic E-state index is 0.186. The fourth-order valence-electron chi connectivity index (χ4n) is 2.70. The van der Waals surface area contributed by atoms with E-state index in [9.17, 15) is 9.90 Å². The van der Waals surface area contributed by atoms with Crippen molar-refractivity contribution in [3.8, 4) is 0 Å². The van der Waals surface area contributed by atoms with Crippen molar-refractivity contribution in [2.24, 2.45) is 5.92 Å². The molecule has 0 amide bonds. The van der Waals surface area contributed by atoms with E-state index in [4.69, 9.17) is 5.11 Å². The van der Waals surface area contributed by atoms with Crippen LogP contribution in [0.1, 0.15) is 19.3 Å². The summed E-state index contributed by atoms with van der Waals surface area (Å²) in [4.78, 5) is 15.6. The largest absolute Gasteiger partial charge is 0.480 e. The number of hydrogen-bond donors (Lipinski definition) is 2. The molecule has 1 unspecified atom stereocenters. The van der Waals surface area contributed by atoms with Gasteiger partial charge in [-0.05, 0) is 31.7 Å². The lowest BCUT2D eigenvalue weighted by atomic mass is 10.1. The van der Waals surface area contributed by atoms with Crippen molar-refractivity contribution < 1.29 is 15.0 Å². The molecule has 2 N–H and O–H groups in total. The molecule has 0 aromatic heterocycles. The third kappa shape index (κ3) is 3.40. The second kappa shape index (κ2) is 5.80. The average molecular weight is 242 g/mol. The number of carbonyl (C=O) groups is 1. The molecule has 0 spiro atoms. The molecule has 5 nitrogen and oxygen atoms in total. The van der Waals surface area contributed by atoms with Gasteiger partial charge < -0.3 is 10.2 Å². The molecule has 0 aromatic carbocycles. The van der Waals surface area contributed by atoms with Crippen LogP contribution in [0.25, 0.3) is 0 Å². The molecule has 1 saturated heterocycles. The summed E-state index contributed by atoms with van der Waals surface area (Å²) in [5.74, 6) is -0.292. The minimum Gasteiger partial charge on any atom is -0.480 e. The summed E-state index contributed by atoms with van der Waals surface area (Å²) in [7, 11) is 0. The maximum atomic E-state index is 11.3. The van der Waals surface area contributed by atoms with Crippen molar-refractivity contribution in [1.82, 2.24) is 9.80 Å². The monoisotopic (exact) mass is 242 g/mol. The quantitative estimate of drug-likeness (QED) is 0.702. The van der Waals surface area contributed by atoms with Crippen LogP contribution in [0.2, 0.25) is 0 Å². The van der Waals surface area contributed by atoms with E-state index in [2.05, 4.69) is 9.80 Å². The number of aliphatic hydroxyl groups excluding tert-OH is 1. The smallest absolute Gasteiger partial charge is 0.321 e. The van der Waals surface area contributed by atoms with Crippen LogP contribution in [-0.2, 0) is 4.79 Å². The summed E-state index contributed by atoms with van der Waals surface area (Å²) in [5, 5.41) is 18.2. The molecule has 1 saturated carbocycles. The summed E-state index contributed by atoms with van der Waals surface area (Å²) >= 11 is 0. The Balaban J connectivity index is 1.90. The van der Waals surface area contributed by atoms with Crippen molar-refractivity contribution in [2.45, 2.75) is 25.3 Å². The Morgan fingerprint density at radius 3 is 2.59 bits per heavy atom. The second-order valence-corrected chi connectivity index (χ2v) is 5.08. The van der Waals surface area contributed by atoms with Crippen LogP contribution in [-0.4, -0.2) is 71.4 Å². The lowest BCUT2D eigenvalue weighted by Crippen LogP contribution is -2.44. The number of nitrogens with zero attached hydrogens (tertiary/aromatic N) is 2. The highest BCUT2D eigenvalue weighted by Gasteiger charge is 2.40. The predicted octanol–water partition coefficient (Wildman–Crippen LogP) is -0.150. The molecule has 98 valence electrons. The van der Waals surface area contributed by atoms with Gasteiger partial charge >= 0.3 is 5.97 Å². The Kier molecular flexibility index (Phi) is 4.36. The zero-order valence-corrected chi connectivity index (χ0v) is 10.2. The highest BCUT2D eigenvalue weighted by molar-refractivity contribution is 5.74. The molecule has 0 radical (unpaired) electrons. The summed E-state index contributed by atoms with van der Waals surface area (Å²) < 4.78 is 0. The molecule has 1 atom stereocenters. The van der Waals surface area contributed by atoms with E-state index in [-0.39, 0.29) is 12.6 Å².